The third kappa shape index (κ3) is 7.17. The summed E-state index contributed by atoms with van der Waals surface area (Å²) in [4.78, 5) is 11.2. The number of hydrogen-bond donors (Lipinski definition) is 3. The Balaban J connectivity index is 2.80. The van der Waals surface area contributed by atoms with Crippen LogP contribution in [0.2, 0.25) is 0 Å². The van der Waals surface area contributed by atoms with Gasteiger partial charge in [-0.3, -0.25) is 4.79 Å². The van der Waals surface area contributed by atoms with Crippen LogP contribution in [0.1, 0.15) is 54.9 Å². The number of amides is 1. The standard InChI is InChI=1S/C25H39NO3/c1-9-25(8)15-17(3)11-13-22(25)14-16(2)10-12-18(4)23(28)19(5)24(29)20(6)26-21(7)27/h1,10-14,17-20,22-24,28-29H,15H2,2-8H3,(H,26,27)/b12-10+,16-14+/t17-,18-,19+,20-,22-,23-,24+,25-/m1/s1. The van der Waals surface area contributed by atoms with Gasteiger partial charge in [0.1, 0.15) is 0 Å². The molecule has 0 heterocycles. The smallest absolute Gasteiger partial charge is 0.217 e. The van der Waals surface area contributed by atoms with Crippen molar-refractivity contribution in [3.05, 3.63) is 36.0 Å². The van der Waals surface area contributed by atoms with Crippen molar-refractivity contribution in [2.75, 3.05) is 0 Å². The van der Waals surface area contributed by atoms with Gasteiger partial charge in [-0.15, -0.1) is 6.42 Å². The Morgan fingerprint density at radius 3 is 2.41 bits per heavy atom. The van der Waals surface area contributed by atoms with Crippen molar-refractivity contribution in [1.29, 1.82) is 0 Å². The Labute approximate surface area is 177 Å². The third-order valence-corrected chi connectivity index (χ3v) is 6.12. The van der Waals surface area contributed by atoms with E-state index in [-0.39, 0.29) is 29.1 Å². The molecule has 8 atom stereocenters. The van der Waals surface area contributed by atoms with E-state index in [0.717, 1.165) is 12.0 Å². The lowest BCUT2D eigenvalue weighted by atomic mass is 9.68. The molecule has 0 aromatic heterocycles. The number of rotatable bonds is 8. The van der Waals surface area contributed by atoms with Gasteiger partial charge in [0.15, 0.2) is 0 Å². The average molecular weight is 402 g/mol. The Morgan fingerprint density at radius 1 is 1.24 bits per heavy atom. The molecule has 1 amide bonds. The van der Waals surface area contributed by atoms with Crippen molar-refractivity contribution >= 4 is 5.91 Å². The van der Waals surface area contributed by atoms with Crippen LogP contribution in [0, 0.1) is 41.4 Å². The highest BCUT2D eigenvalue weighted by molar-refractivity contribution is 5.73. The molecule has 162 valence electrons. The fourth-order valence-corrected chi connectivity index (χ4v) is 4.09. The molecule has 1 aliphatic carbocycles. The van der Waals surface area contributed by atoms with Crippen LogP contribution in [0.3, 0.4) is 0 Å². The highest BCUT2D eigenvalue weighted by atomic mass is 16.3. The second-order valence-electron chi connectivity index (χ2n) is 9.11. The summed E-state index contributed by atoms with van der Waals surface area (Å²) in [5.41, 5.74) is 0.905. The molecule has 0 unspecified atom stereocenters. The highest BCUT2D eigenvalue weighted by Crippen LogP contribution is 2.40. The van der Waals surface area contributed by atoms with Gasteiger partial charge in [0, 0.05) is 30.1 Å². The van der Waals surface area contributed by atoms with Gasteiger partial charge in [0.05, 0.1) is 18.2 Å². The summed E-state index contributed by atoms with van der Waals surface area (Å²) in [7, 11) is 0. The number of carbonyl (C=O) groups is 1. The zero-order valence-corrected chi connectivity index (χ0v) is 19.0. The Morgan fingerprint density at radius 2 is 1.86 bits per heavy atom. The van der Waals surface area contributed by atoms with Crippen molar-refractivity contribution < 1.29 is 15.0 Å². The fraction of sp³-hybridized carbons (Fsp3) is 0.640. The molecule has 3 N–H and O–H groups in total. The third-order valence-electron chi connectivity index (χ3n) is 6.12. The number of terminal acetylenes is 1. The topological polar surface area (TPSA) is 69.6 Å². The molecule has 0 bridgehead atoms. The van der Waals surface area contributed by atoms with E-state index in [1.54, 1.807) is 13.8 Å². The minimum absolute atomic E-state index is 0.145. The zero-order chi connectivity index (χ0) is 22.4. The predicted octanol–water partition coefficient (Wildman–Crippen LogP) is 3.86. The van der Waals surface area contributed by atoms with Crippen molar-refractivity contribution in [2.45, 2.75) is 73.1 Å². The summed E-state index contributed by atoms with van der Waals surface area (Å²) in [6, 6.07) is -0.420. The Bertz CT molecular complexity index is 687. The first-order valence-electron chi connectivity index (χ1n) is 10.6. The summed E-state index contributed by atoms with van der Waals surface area (Å²) in [5.74, 6) is 2.93. The van der Waals surface area contributed by atoms with Gasteiger partial charge in [0.25, 0.3) is 0 Å². The van der Waals surface area contributed by atoms with Gasteiger partial charge in [-0.1, -0.05) is 62.6 Å². The number of carbonyl (C=O) groups excluding carboxylic acids is 1. The number of aliphatic hydroxyl groups is 2. The zero-order valence-electron chi connectivity index (χ0n) is 19.0. The molecule has 0 spiro atoms. The summed E-state index contributed by atoms with van der Waals surface area (Å²) < 4.78 is 0. The first kappa shape index (κ1) is 25.2. The minimum Gasteiger partial charge on any atom is -0.392 e. The maximum Gasteiger partial charge on any atom is 0.217 e. The van der Waals surface area contributed by atoms with Crippen LogP contribution < -0.4 is 5.32 Å². The van der Waals surface area contributed by atoms with E-state index in [4.69, 9.17) is 6.42 Å². The normalized spacial score (nSPS) is 30.3. The predicted molar refractivity (Wildman–Crippen MR) is 120 cm³/mol. The lowest BCUT2D eigenvalue weighted by Gasteiger charge is -2.35. The van der Waals surface area contributed by atoms with Crippen LogP contribution in [0.15, 0.2) is 36.0 Å². The summed E-state index contributed by atoms with van der Waals surface area (Å²) in [6.07, 6.45) is 15.8. The maximum absolute atomic E-state index is 11.2. The number of nitrogens with one attached hydrogen (secondary N) is 1. The molecular weight excluding hydrogens is 362 g/mol. The molecule has 0 aromatic carbocycles. The fourth-order valence-electron chi connectivity index (χ4n) is 4.09. The van der Waals surface area contributed by atoms with E-state index in [1.807, 2.05) is 26.0 Å². The van der Waals surface area contributed by atoms with Crippen LogP contribution in [0.25, 0.3) is 0 Å². The van der Waals surface area contributed by atoms with Gasteiger partial charge in [-0.25, -0.2) is 0 Å². The molecule has 0 aliphatic heterocycles. The lowest BCUT2D eigenvalue weighted by molar-refractivity contribution is -0.121. The maximum atomic E-state index is 11.2. The highest BCUT2D eigenvalue weighted by Gasteiger charge is 2.33. The quantitative estimate of drug-likeness (QED) is 0.329. The van der Waals surface area contributed by atoms with E-state index in [1.165, 1.54) is 6.92 Å². The van der Waals surface area contributed by atoms with Gasteiger partial charge in [-0.2, -0.15) is 0 Å². The van der Waals surface area contributed by atoms with Gasteiger partial charge < -0.3 is 15.5 Å². The number of aliphatic hydroxyl groups excluding tert-OH is 2. The number of hydrogen-bond acceptors (Lipinski definition) is 3. The van der Waals surface area contributed by atoms with Crippen LogP contribution in [-0.4, -0.2) is 34.4 Å². The molecule has 1 aliphatic rings. The molecule has 0 saturated heterocycles. The van der Waals surface area contributed by atoms with Crippen molar-refractivity contribution in [3.8, 4) is 12.3 Å². The molecule has 0 radical (unpaired) electrons. The lowest BCUT2D eigenvalue weighted by Crippen LogP contribution is -2.47. The molecule has 4 nitrogen and oxygen atoms in total. The SMILES string of the molecule is C#C[C@]1(C)C[C@H](C)C=C[C@@H]1/C=C(C)/C=C/[C@@H](C)[C@@H](O)[C@H](C)[C@H](O)[C@@H](C)NC(C)=O. The Kier molecular flexibility index (Phi) is 9.39. The molecule has 0 aromatic rings. The average Bonchev–Trinajstić information content (AvgIpc) is 2.65. The second kappa shape index (κ2) is 10.8. The van der Waals surface area contributed by atoms with Crippen LogP contribution >= 0.6 is 0 Å². The van der Waals surface area contributed by atoms with Crippen LogP contribution in [0.4, 0.5) is 0 Å². The van der Waals surface area contributed by atoms with Crippen molar-refractivity contribution in [3.63, 3.8) is 0 Å². The van der Waals surface area contributed by atoms with Crippen LogP contribution in [0.5, 0.6) is 0 Å². The summed E-state index contributed by atoms with van der Waals surface area (Å²) in [5, 5.41) is 23.7. The van der Waals surface area contributed by atoms with Gasteiger partial charge >= 0.3 is 0 Å². The van der Waals surface area contributed by atoms with E-state index >= 15 is 0 Å². The monoisotopic (exact) mass is 401 g/mol. The largest absolute Gasteiger partial charge is 0.392 e. The van der Waals surface area contributed by atoms with E-state index in [9.17, 15) is 15.0 Å². The van der Waals surface area contributed by atoms with E-state index < -0.39 is 18.2 Å². The summed E-state index contributed by atoms with van der Waals surface area (Å²) >= 11 is 0. The number of allylic oxidation sites excluding steroid dienone is 5. The summed E-state index contributed by atoms with van der Waals surface area (Å²) in [6.45, 7) is 13.2. The molecule has 4 heteroatoms. The first-order valence-corrected chi connectivity index (χ1v) is 10.6. The van der Waals surface area contributed by atoms with E-state index in [2.05, 4.69) is 43.3 Å². The van der Waals surface area contributed by atoms with Gasteiger partial charge in [0.2, 0.25) is 5.91 Å². The van der Waals surface area contributed by atoms with E-state index in [0.29, 0.717) is 5.92 Å². The van der Waals surface area contributed by atoms with Gasteiger partial charge in [-0.05, 0) is 33.1 Å². The van der Waals surface area contributed by atoms with Crippen LogP contribution in [-0.2, 0) is 4.79 Å². The van der Waals surface area contributed by atoms with Crippen molar-refractivity contribution in [1.82, 2.24) is 5.32 Å². The minimum atomic E-state index is -0.827. The molecular formula is C25H39NO3. The van der Waals surface area contributed by atoms with Crippen molar-refractivity contribution in [2.24, 2.45) is 29.1 Å². The molecule has 1 rings (SSSR count). The first-order chi connectivity index (χ1) is 13.4. The molecule has 0 saturated carbocycles. The second-order valence-corrected chi connectivity index (χ2v) is 9.11. The molecule has 29 heavy (non-hydrogen) atoms. The Hall–Kier alpha value is -1.83. The molecule has 0 fully saturated rings.